The van der Waals surface area contributed by atoms with Gasteiger partial charge in [0.15, 0.2) is 5.79 Å². The number of likely N-dealkylation sites (tertiary alicyclic amines) is 1. The Morgan fingerprint density at radius 3 is 1.80 bits per heavy atom. The molecule has 2 aliphatic heterocycles. The summed E-state index contributed by atoms with van der Waals surface area (Å²) in [6.45, 7) is 12.4. The van der Waals surface area contributed by atoms with Crippen molar-refractivity contribution in [1.82, 2.24) is 4.90 Å². The maximum absolute atomic E-state index is 9.61. The number of nitrogens with zero attached hydrogens (tertiary/aromatic N) is 1. The number of aliphatic hydroxyl groups is 1. The smallest absolute Gasteiger partial charge is 0.171 e. The van der Waals surface area contributed by atoms with Gasteiger partial charge < -0.3 is 14.6 Å². The van der Waals surface area contributed by atoms with Crippen molar-refractivity contribution < 1.29 is 14.6 Å². The van der Waals surface area contributed by atoms with Crippen molar-refractivity contribution in [1.29, 1.82) is 0 Å². The van der Waals surface area contributed by atoms with E-state index >= 15 is 0 Å². The van der Waals surface area contributed by atoms with Gasteiger partial charge in [-0.05, 0) is 41.2 Å². The van der Waals surface area contributed by atoms with E-state index < -0.39 is 5.79 Å². The van der Waals surface area contributed by atoms with Crippen LogP contribution in [0.4, 0.5) is 0 Å². The number of rotatable bonds is 2. The van der Waals surface area contributed by atoms with E-state index in [0.29, 0.717) is 13.2 Å². The Kier molecular flexibility index (Phi) is 4.00. The number of aliphatic hydroxyl groups excluding tert-OH is 1. The fourth-order valence-corrected chi connectivity index (χ4v) is 3.70. The van der Waals surface area contributed by atoms with Gasteiger partial charge in [0.1, 0.15) is 0 Å². The monoisotopic (exact) mass is 285 g/mol. The highest BCUT2D eigenvalue weighted by atomic mass is 16.7. The Labute approximate surface area is 123 Å². The molecule has 20 heavy (non-hydrogen) atoms. The average molecular weight is 285 g/mol. The maximum atomic E-state index is 9.61. The molecule has 0 bridgehead atoms. The highest BCUT2D eigenvalue weighted by Gasteiger charge is 2.55. The van der Waals surface area contributed by atoms with Crippen LogP contribution in [-0.4, -0.2) is 53.7 Å². The van der Waals surface area contributed by atoms with Gasteiger partial charge in [0, 0.05) is 29.3 Å². The van der Waals surface area contributed by atoms with Crippen molar-refractivity contribution in [3.63, 3.8) is 0 Å². The van der Waals surface area contributed by atoms with Crippen LogP contribution in [-0.2, 0) is 9.47 Å². The summed E-state index contributed by atoms with van der Waals surface area (Å²) in [7, 11) is 2.18. The molecule has 2 rings (SSSR count). The molecule has 2 saturated heterocycles. The summed E-state index contributed by atoms with van der Waals surface area (Å²) in [5, 5.41) is 9.61. The molecule has 0 aliphatic carbocycles. The molecule has 0 aromatic rings. The zero-order valence-corrected chi connectivity index (χ0v) is 14.0. The van der Waals surface area contributed by atoms with Crippen molar-refractivity contribution >= 4 is 0 Å². The van der Waals surface area contributed by atoms with Gasteiger partial charge in [-0.15, -0.1) is 0 Å². The lowest BCUT2D eigenvalue weighted by atomic mass is 9.75. The normalized spacial score (nSPS) is 31.4. The molecule has 4 heteroatoms. The van der Waals surface area contributed by atoms with Gasteiger partial charge in [0.2, 0.25) is 0 Å². The second kappa shape index (κ2) is 4.94. The molecule has 4 nitrogen and oxygen atoms in total. The van der Waals surface area contributed by atoms with Gasteiger partial charge in [-0.3, -0.25) is 4.90 Å². The van der Waals surface area contributed by atoms with Gasteiger partial charge in [0.25, 0.3) is 0 Å². The van der Waals surface area contributed by atoms with E-state index in [1.165, 1.54) is 0 Å². The summed E-state index contributed by atoms with van der Waals surface area (Å²) in [4.78, 5) is 2.42. The third-order valence-corrected chi connectivity index (χ3v) is 5.59. The molecule has 0 atom stereocenters. The lowest BCUT2D eigenvalue weighted by molar-refractivity contribution is -0.344. The van der Waals surface area contributed by atoms with Crippen LogP contribution in [0.15, 0.2) is 0 Å². The van der Waals surface area contributed by atoms with Crippen LogP contribution in [0.1, 0.15) is 53.9 Å². The van der Waals surface area contributed by atoms with Crippen molar-refractivity contribution in [3.8, 4) is 0 Å². The fraction of sp³-hybridized carbons (Fsp3) is 1.00. The second-order valence-electron chi connectivity index (χ2n) is 8.04. The number of hydrogen-bond acceptors (Lipinski definition) is 4. The zero-order valence-electron chi connectivity index (χ0n) is 14.0. The molecule has 0 radical (unpaired) electrons. The third kappa shape index (κ3) is 2.63. The summed E-state index contributed by atoms with van der Waals surface area (Å²) < 4.78 is 12.4. The molecule has 2 heterocycles. The molecule has 0 saturated carbocycles. The van der Waals surface area contributed by atoms with Crippen LogP contribution < -0.4 is 0 Å². The van der Waals surface area contributed by atoms with Crippen LogP contribution in [0.2, 0.25) is 0 Å². The largest absolute Gasteiger partial charge is 0.396 e. The molecule has 0 aromatic heterocycles. The van der Waals surface area contributed by atoms with E-state index in [4.69, 9.17) is 9.47 Å². The van der Waals surface area contributed by atoms with E-state index in [-0.39, 0.29) is 23.1 Å². The summed E-state index contributed by atoms with van der Waals surface area (Å²) >= 11 is 0. The van der Waals surface area contributed by atoms with Crippen LogP contribution >= 0.6 is 0 Å². The molecule has 2 fully saturated rings. The SMILES string of the molecule is CCC1(CO)COC2(CC(C)(C)N(C)C(C)(C)C2)OC1. The molecule has 1 spiro atoms. The fourth-order valence-electron chi connectivity index (χ4n) is 3.70. The van der Waals surface area contributed by atoms with Gasteiger partial charge in [-0.25, -0.2) is 0 Å². The molecular weight excluding hydrogens is 254 g/mol. The van der Waals surface area contributed by atoms with Crippen LogP contribution in [0.5, 0.6) is 0 Å². The zero-order chi connectivity index (χ0) is 15.2. The average Bonchev–Trinajstić information content (AvgIpc) is 2.37. The topological polar surface area (TPSA) is 41.9 Å². The van der Waals surface area contributed by atoms with Crippen LogP contribution in [0, 0.1) is 5.41 Å². The highest BCUT2D eigenvalue weighted by Crippen LogP contribution is 2.48. The minimum Gasteiger partial charge on any atom is -0.396 e. The highest BCUT2D eigenvalue weighted by molar-refractivity contribution is 5.04. The number of hydrogen-bond donors (Lipinski definition) is 1. The first-order valence-corrected chi connectivity index (χ1v) is 7.73. The summed E-state index contributed by atoms with van der Waals surface area (Å²) in [5.74, 6) is -0.493. The predicted molar refractivity (Wildman–Crippen MR) is 79.6 cm³/mol. The molecule has 0 unspecified atom stereocenters. The number of piperidine rings is 1. The Bertz CT molecular complexity index is 331. The van der Waals surface area contributed by atoms with Gasteiger partial charge in [0.05, 0.1) is 19.8 Å². The summed E-state index contributed by atoms with van der Waals surface area (Å²) in [5.41, 5.74) is -0.150. The summed E-state index contributed by atoms with van der Waals surface area (Å²) in [6.07, 6.45) is 2.61. The maximum Gasteiger partial charge on any atom is 0.171 e. The third-order valence-electron chi connectivity index (χ3n) is 5.59. The molecule has 0 aromatic carbocycles. The number of ether oxygens (including phenoxy) is 2. The quantitative estimate of drug-likeness (QED) is 0.846. The van der Waals surface area contributed by atoms with Crippen LogP contribution in [0.25, 0.3) is 0 Å². The van der Waals surface area contributed by atoms with E-state index in [9.17, 15) is 5.11 Å². The first-order chi connectivity index (χ1) is 9.10. The molecule has 2 aliphatic rings. The van der Waals surface area contributed by atoms with E-state index in [0.717, 1.165) is 19.3 Å². The van der Waals surface area contributed by atoms with Crippen molar-refractivity contribution in [2.24, 2.45) is 5.41 Å². The molecular formula is C16H31NO3. The standard InChI is InChI=1S/C16H31NO3/c1-7-15(10-18)11-19-16(20-12-15)8-13(2,3)17(6)14(4,5)9-16/h18H,7-12H2,1-6H3. The van der Waals surface area contributed by atoms with E-state index in [2.05, 4.69) is 46.6 Å². The van der Waals surface area contributed by atoms with Gasteiger partial charge >= 0.3 is 0 Å². The minimum atomic E-state index is -0.493. The lowest BCUT2D eigenvalue weighted by Crippen LogP contribution is -2.67. The molecule has 0 amide bonds. The Balaban J connectivity index is 2.18. The van der Waals surface area contributed by atoms with E-state index in [1.54, 1.807) is 0 Å². The van der Waals surface area contributed by atoms with E-state index in [1.807, 2.05) is 0 Å². The van der Waals surface area contributed by atoms with Gasteiger partial charge in [-0.1, -0.05) is 6.92 Å². The minimum absolute atomic E-state index is 0.0349. The molecule has 118 valence electrons. The second-order valence-corrected chi connectivity index (χ2v) is 8.04. The Morgan fingerprint density at radius 2 is 1.45 bits per heavy atom. The van der Waals surface area contributed by atoms with Crippen molar-refractivity contribution in [2.75, 3.05) is 26.9 Å². The van der Waals surface area contributed by atoms with Gasteiger partial charge in [-0.2, -0.15) is 0 Å². The first kappa shape index (κ1) is 16.2. The first-order valence-electron chi connectivity index (χ1n) is 7.73. The Hall–Kier alpha value is -0.160. The molecule has 1 N–H and O–H groups in total. The lowest BCUT2D eigenvalue weighted by Gasteiger charge is -2.59. The van der Waals surface area contributed by atoms with Crippen molar-refractivity contribution in [3.05, 3.63) is 0 Å². The Morgan fingerprint density at radius 1 is 1.00 bits per heavy atom. The predicted octanol–water partition coefficient (Wildman–Crippen LogP) is 2.40. The van der Waals surface area contributed by atoms with Crippen LogP contribution in [0.3, 0.4) is 0 Å². The van der Waals surface area contributed by atoms with Crippen molar-refractivity contribution in [2.45, 2.75) is 70.7 Å². The summed E-state index contributed by atoms with van der Waals surface area (Å²) in [6, 6.07) is 0.